The zero-order valence-electron chi connectivity index (χ0n) is 10.2. The molecule has 1 heterocycles. The lowest BCUT2D eigenvalue weighted by Gasteiger charge is -2.21. The molecule has 5 nitrogen and oxygen atoms in total. The number of carbonyl (C=O) groups excluding carboxylic acids is 1. The zero-order chi connectivity index (χ0) is 14.0. The Kier molecular flexibility index (Phi) is 4.36. The molecular weight excluding hydrogens is 332 g/mol. The van der Waals surface area contributed by atoms with Gasteiger partial charge in [-0.15, -0.1) is 11.8 Å². The van der Waals surface area contributed by atoms with E-state index in [0.29, 0.717) is 17.3 Å². The molecule has 0 aromatic heterocycles. The van der Waals surface area contributed by atoms with E-state index in [2.05, 4.69) is 21.2 Å². The second-order valence-electron chi connectivity index (χ2n) is 4.19. The molecule has 0 bridgehead atoms. The third-order valence-corrected chi connectivity index (χ3v) is 4.93. The fourth-order valence-corrected chi connectivity index (χ4v) is 3.29. The van der Waals surface area contributed by atoms with Crippen LogP contribution >= 0.6 is 27.7 Å². The predicted molar refractivity (Wildman–Crippen MR) is 78.5 cm³/mol. The smallest absolute Gasteiger partial charge is 0.327 e. The van der Waals surface area contributed by atoms with Crippen molar-refractivity contribution in [1.82, 2.24) is 4.90 Å². The van der Waals surface area contributed by atoms with Crippen molar-refractivity contribution in [3.8, 4) is 0 Å². The summed E-state index contributed by atoms with van der Waals surface area (Å²) in [6, 6.07) is 4.39. The normalized spacial score (nSPS) is 18.4. The highest BCUT2D eigenvalue weighted by atomic mass is 79.9. The van der Waals surface area contributed by atoms with Crippen LogP contribution in [0.25, 0.3) is 0 Å². The van der Waals surface area contributed by atoms with Crippen LogP contribution in [0.2, 0.25) is 0 Å². The van der Waals surface area contributed by atoms with Gasteiger partial charge in [0.05, 0.1) is 11.6 Å². The molecule has 1 fully saturated rings. The van der Waals surface area contributed by atoms with Gasteiger partial charge in [-0.05, 0) is 34.5 Å². The van der Waals surface area contributed by atoms with Gasteiger partial charge in [0.25, 0.3) is 0 Å². The predicted octanol–water partition coefficient (Wildman–Crippen LogP) is 2.75. The van der Waals surface area contributed by atoms with Crippen molar-refractivity contribution in [3.63, 3.8) is 0 Å². The van der Waals surface area contributed by atoms with Gasteiger partial charge in [0.2, 0.25) is 0 Å². The Morgan fingerprint density at radius 1 is 1.53 bits per heavy atom. The van der Waals surface area contributed by atoms with Crippen LogP contribution in [0.15, 0.2) is 22.7 Å². The van der Waals surface area contributed by atoms with Crippen LogP contribution in [0.5, 0.6) is 0 Å². The summed E-state index contributed by atoms with van der Waals surface area (Å²) in [6.45, 7) is 1.92. The number of nitrogens with zero attached hydrogens (tertiary/aromatic N) is 1. The molecule has 0 unspecified atom stereocenters. The number of hydrogen-bond acceptors (Lipinski definition) is 3. The summed E-state index contributed by atoms with van der Waals surface area (Å²) in [5.74, 6) is -0.146. The van der Waals surface area contributed by atoms with E-state index in [1.165, 1.54) is 16.7 Å². The van der Waals surface area contributed by atoms with Gasteiger partial charge in [-0.25, -0.2) is 9.59 Å². The number of halogens is 1. The highest BCUT2D eigenvalue weighted by Gasteiger charge is 2.34. The number of benzene rings is 1. The summed E-state index contributed by atoms with van der Waals surface area (Å²) in [4.78, 5) is 24.5. The number of urea groups is 1. The summed E-state index contributed by atoms with van der Waals surface area (Å²) in [5.41, 5.74) is 1.65. The lowest BCUT2D eigenvalue weighted by atomic mass is 10.2. The maximum absolute atomic E-state index is 12.1. The first-order valence-electron chi connectivity index (χ1n) is 5.64. The average Bonchev–Trinajstić information content (AvgIpc) is 2.84. The molecule has 0 spiro atoms. The molecule has 0 saturated carbocycles. The molecule has 7 heteroatoms. The number of nitrogens with one attached hydrogen (secondary N) is 1. The maximum atomic E-state index is 12.1. The van der Waals surface area contributed by atoms with E-state index in [1.807, 2.05) is 19.1 Å². The largest absolute Gasteiger partial charge is 0.480 e. The van der Waals surface area contributed by atoms with Crippen molar-refractivity contribution in [2.75, 3.05) is 16.9 Å². The summed E-state index contributed by atoms with van der Waals surface area (Å²) in [5, 5.41) is 11.8. The van der Waals surface area contributed by atoms with Crippen molar-refractivity contribution in [2.45, 2.75) is 13.0 Å². The topological polar surface area (TPSA) is 69.6 Å². The number of carbonyl (C=O) groups is 2. The summed E-state index contributed by atoms with van der Waals surface area (Å²) >= 11 is 4.84. The minimum Gasteiger partial charge on any atom is -0.480 e. The molecule has 2 rings (SSSR count). The summed E-state index contributed by atoms with van der Waals surface area (Å²) in [6.07, 6.45) is 0. The first-order valence-corrected chi connectivity index (χ1v) is 7.58. The molecule has 1 saturated heterocycles. The van der Waals surface area contributed by atoms with E-state index >= 15 is 0 Å². The first-order chi connectivity index (χ1) is 9.00. The molecule has 2 amide bonds. The van der Waals surface area contributed by atoms with Gasteiger partial charge in [-0.2, -0.15) is 0 Å². The van der Waals surface area contributed by atoms with E-state index in [9.17, 15) is 9.59 Å². The van der Waals surface area contributed by atoms with Crippen molar-refractivity contribution in [2.24, 2.45) is 0 Å². The average molecular weight is 345 g/mol. The molecule has 1 aromatic carbocycles. The van der Waals surface area contributed by atoms with E-state index in [4.69, 9.17) is 5.11 Å². The monoisotopic (exact) mass is 344 g/mol. The van der Waals surface area contributed by atoms with Crippen LogP contribution in [-0.4, -0.2) is 39.7 Å². The van der Waals surface area contributed by atoms with E-state index in [-0.39, 0.29) is 6.03 Å². The van der Waals surface area contributed by atoms with Gasteiger partial charge in [0, 0.05) is 10.2 Å². The minimum absolute atomic E-state index is 0.385. The molecule has 1 atom stereocenters. The Labute approximate surface area is 123 Å². The Morgan fingerprint density at radius 2 is 2.26 bits per heavy atom. The van der Waals surface area contributed by atoms with Crippen LogP contribution in [0.4, 0.5) is 10.5 Å². The highest BCUT2D eigenvalue weighted by Crippen LogP contribution is 2.27. The second kappa shape index (κ2) is 5.83. The van der Waals surface area contributed by atoms with Gasteiger partial charge in [0.1, 0.15) is 6.04 Å². The molecule has 1 aromatic rings. The lowest BCUT2D eigenvalue weighted by Crippen LogP contribution is -2.44. The Morgan fingerprint density at radius 3 is 2.95 bits per heavy atom. The molecular formula is C12H13BrN2O3S. The Balaban J connectivity index is 2.13. The van der Waals surface area contributed by atoms with Crippen molar-refractivity contribution >= 4 is 45.4 Å². The number of hydrogen-bond donors (Lipinski definition) is 2. The van der Waals surface area contributed by atoms with Gasteiger partial charge >= 0.3 is 12.0 Å². The van der Waals surface area contributed by atoms with Gasteiger partial charge in [0.15, 0.2) is 0 Å². The van der Waals surface area contributed by atoms with Crippen LogP contribution < -0.4 is 5.32 Å². The molecule has 0 aliphatic carbocycles. The van der Waals surface area contributed by atoms with Crippen LogP contribution in [-0.2, 0) is 4.79 Å². The molecule has 19 heavy (non-hydrogen) atoms. The van der Waals surface area contributed by atoms with E-state index < -0.39 is 12.0 Å². The standard InChI is InChI=1S/C12H13BrN2O3S/c1-7-3-2-4-8(10(7)13)14-12(18)15-6-19-5-9(15)11(16)17/h2-4,9H,5-6H2,1H3,(H,14,18)(H,16,17)/t9-/m0/s1. The van der Waals surface area contributed by atoms with Gasteiger partial charge in [-0.1, -0.05) is 12.1 Å². The number of anilines is 1. The van der Waals surface area contributed by atoms with Crippen molar-refractivity contribution in [3.05, 3.63) is 28.2 Å². The lowest BCUT2D eigenvalue weighted by molar-refractivity contribution is -0.140. The number of rotatable bonds is 2. The maximum Gasteiger partial charge on any atom is 0.327 e. The number of carboxylic acid groups (broad SMARTS) is 1. The van der Waals surface area contributed by atoms with Crippen LogP contribution in [0.1, 0.15) is 5.56 Å². The van der Waals surface area contributed by atoms with Crippen LogP contribution in [0.3, 0.4) is 0 Å². The number of amides is 2. The molecule has 2 N–H and O–H groups in total. The van der Waals surface area contributed by atoms with Gasteiger partial charge in [-0.3, -0.25) is 0 Å². The number of aliphatic carboxylic acids is 1. The first kappa shape index (κ1) is 14.2. The van der Waals surface area contributed by atoms with Crippen molar-refractivity contribution < 1.29 is 14.7 Å². The number of aryl methyl sites for hydroxylation is 1. The van der Waals surface area contributed by atoms with E-state index in [1.54, 1.807) is 6.07 Å². The zero-order valence-corrected chi connectivity index (χ0v) is 12.6. The quantitative estimate of drug-likeness (QED) is 0.865. The van der Waals surface area contributed by atoms with Crippen molar-refractivity contribution in [1.29, 1.82) is 0 Å². The summed E-state index contributed by atoms with van der Waals surface area (Å²) < 4.78 is 0.807. The number of thioether (sulfide) groups is 1. The number of carboxylic acids is 1. The molecule has 1 aliphatic heterocycles. The van der Waals surface area contributed by atoms with E-state index in [0.717, 1.165) is 10.0 Å². The Bertz CT molecular complexity index is 524. The summed E-state index contributed by atoms with van der Waals surface area (Å²) in [7, 11) is 0. The molecule has 1 aliphatic rings. The highest BCUT2D eigenvalue weighted by molar-refractivity contribution is 9.10. The second-order valence-corrected chi connectivity index (χ2v) is 5.98. The third-order valence-electron chi connectivity index (χ3n) is 2.86. The molecule has 0 radical (unpaired) electrons. The Hall–Kier alpha value is -1.21. The SMILES string of the molecule is Cc1cccc(NC(=O)N2CSC[C@H]2C(=O)O)c1Br. The third kappa shape index (κ3) is 3.03. The van der Waals surface area contributed by atoms with Crippen LogP contribution in [0, 0.1) is 6.92 Å². The fraction of sp³-hybridized carbons (Fsp3) is 0.333. The molecule has 102 valence electrons. The fourth-order valence-electron chi connectivity index (χ4n) is 1.78. The van der Waals surface area contributed by atoms with Gasteiger partial charge < -0.3 is 15.3 Å². The minimum atomic E-state index is -0.969.